The van der Waals surface area contributed by atoms with Gasteiger partial charge in [0, 0.05) is 12.4 Å². The van der Waals surface area contributed by atoms with Crippen molar-refractivity contribution < 1.29 is 14.0 Å². The Morgan fingerprint density at radius 3 is 2.76 bits per heavy atom. The van der Waals surface area contributed by atoms with E-state index in [4.69, 9.17) is 4.42 Å². The zero-order valence-electron chi connectivity index (χ0n) is 16.1. The van der Waals surface area contributed by atoms with E-state index in [1.165, 1.54) is 4.90 Å². The molecule has 0 bridgehead atoms. The predicted octanol–water partition coefficient (Wildman–Crippen LogP) is 3.38. The highest BCUT2D eigenvalue weighted by atomic mass is 32.2. The van der Waals surface area contributed by atoms with Crippen molar-refractivity contribution in [2.24, 2.45) is 0 Å². The first-order chi connectivity index (χ1) is 13.9. The fourth-order valence-electron chi connectivity index (χ4n) is 3.09. The molecule has 0 saturated heterocycles. The third kappa shape index (κ3) is 3.49. The molecule has 4 rings (SSSR count). The zero-order valence-corrected chi connectivity index (χ0v) is 16.9. The van der Waals surface area contributed by atoms with E-state index < -0.39 is 10.8 Å². The highest BCUT2D eigenvalue weighted by molar-refractivity contribution is 8.00. The number of amides is 2. The van der Waals surface area contributed by atoms with Crippen LogP contribution in [0.3, 0.4) is 0 Å². The molecule has 9 heteroatoms. The number of nitrogens with one attached hydrogen (secondary N) is 1. The molecule has 29 heavy (non-hydrogen) atoms. The Bertz CT molecular complexity index is 1070. The molecule has 8 nitrogen and oxygen atoms in total. The van der Waals surface area contributed by atoms with Gasteiger partial charge < -0.3 is 9.73 Å². The Morgan fingerprint density at radius 1 is 1.21 bits per heavy atom. The third-order valence-corrected chi connectivity index (χ3v) is 5.59. The lowest BCUT2D eigenvalue weighted by Crippen LogP contribution is -2.60. The lowest BCUT2D eigenvalue weighted by molar-refractivity contribution is -0.126. The lowest BCUT2D eigenvalue weighted by Gasteiger charge is -2.42. The summed E-state index contributed by atoms with van der Waals surface area (Å²) in [6.45, 7) is 5.20. The van der Waals surface area contributed by atoms with Crippen LogP contribution in [0.15, 0.2) is 58.4 Å². The van der Waals surface area contributed by atoms with E-state index in [1.807, 2.05) is 24.3 Å². The number of hydrogen-bond acceptors (Lipinski definition) is 7. The Labute approximate surface area is 171 Å². The second-order valence-electron chi connectivity index (χ2n) is 7.08. The number of carbonyl (C=O) groups excluding carboxylic acids is 2. The van der Waals surface area contributed by atoms with Crippen LogP contribution in [0.1, 0.15) is 20.8 Å². The van der Waals surface area contributed by atoms with Crippen molar-refractivity contribution in [3.63, 3.8) is 0 Å². The van der Waals surface area contributed by atoms with Gasteiger partial charge in [0.1, 0.15) is 5.54 Å². The van der Waals surface area contributed by atoms with Gasteiger partial charge >= 0.3 is 0 Å². The Kier molecular flexibility index (Phi) is 4.83. The quantitative estimate of drug-likeness (QED) is 0.659. The van der Waals surface area contributed by atoms with Gasteiger partial charge in [-0.1, -0.05) is 23.9 Å². The number of aromatic nitrogens is 3. The average Bonchev–Trinajstić information content (AvgIpc) is 3.17. The van der Waals surface area contributed by atoms with Gasteiger partial charge in [0.25, 0.3) is 5.22 Å². The van der Waals surface area contributed by atoms with E-state index in [0.29, 0.717) is 22.8 Å². The number of carbonyl (C=O) groups is 2. The molecule has 1 atom stereocenters. The van der Waals surface area contributed by atoms with Gasteiger partial charge in [0.05, 0.1) is 22.2 Å². The topological polar surface area (TPSA) is 101 Å². The molecule has 0 unspecified atom stereocenters. The van der Waals surface area contributed by atoms with Gasteiger partial charge in [-0.05, 0) is 45.0 Å². The van der Waals surface area contributed by atoms with Gasteiger partial charge in [-0.15, -0.1) is 10.2 Å². The summed E-state index contributed by atoms with van der Waals surface area (Å²) in [5.41, 5.74) is 0.944. The highest BCUT2D eigenvalue weighted by Crippen LogP contribution is 2.38. The van der Waals surface area contributed by atoms with Gasteiger partial charge in [0.15, 0.2) is 0 Å². The summed E-state index contributed by atoms with van der Waals surface area (Å²) in [5, 5.41) is 10.6. The maximum absolute atomic E-state index is 13.3. The standard InChI is InChI=1S/C20H19N5O3S/c1-12(29-19-24-23-16(28-19)13-7-6-10-21-11-13)17(26)25-15-9-5-4-8-14(15)22-18(27)20(25,2)3/h4-12H,1-3H3,(H,22,27)/t12-/m1/s1. The third-order valence-electron chi connectivity index (χ3n) is 4.67. The highest BCUT2D eigenvalue weighted by Gasteiger charge is 2.45. The van der Waals surface area contributed by atoms with Crippen LogP contribution in [0.4, 0.5) is 11.4 Å². The predicted molar refractivity (Wildman–Crippen MR) is 109 cm³/mol. The first kappa shape index (κ1) is 19.1. The molecule has 1 aliphatic heterocycles. The number of thioether (sulfide) groups is 1. The largest absolute Gasteiger partial charge is 0.411 e. The molecule has 3 aromatic rings. The molecule has 1 aromatic carbocycles. The SMILES string of the molecule is C[C@@H](Sc1nnc(-c2cccnc2)o1)C(=O)N1c2ccccc2NC(=O)C1(C)C. The van der Waals surface area contributed by atoms with E-state index in [9.17, 15) is 9.59 Å². The number of hydrogen-bond donors (Lipinski definition) is 1. The molecule has 0 radical (unpaired) electrons. The monoisotopic (exact) mass is 409 g/mol. The number of para-hydroxylation sites is 2. The second-order valence-corrected chi connectivity index (χ2v) is 8.37. The van der Waals surface area contributed by atoms with E-state index in [-0.39, 0.29) is 17.0 Å². The van der Waals surface area contributed by atoms with Gasteiger partial charge in [-0.25, -0.2) is 0 Å². The maximum atomic E-state index is 13.3. The van der Waals surface area contributed by atoms with Crippen LogP contribution >= 0.6 is 11.8 Å². The Balaban J connectivity index is 1.58. The molecule has 1 N–H and O–H groups in total. The molecular formula is C20H19N5O3S. The van der Waals surface area contributed by atoms with Gasteiger partial charge in [0.2, 0.25) is 17.7 Å². The number of anilines is 2. The summed E-state index contributed by atoms with van der Waals surface area (Å²) >= 11 is 1.15. The van der Waals surface area contributed by atoms with E-state index in [0.717, 1.165) is 11.8 Å². The molecule has 148 valence electrons. The fourth-order valence-corrected chi connectivity index (χ4v) is 3.82. The van der Waals surface area contributed by atoms with Gasteiger partial charge in [-0.2, -0.15) is 0 Å². The van der Waals surface area contributed by atoms with Crippen LogP contribution in [-0.2, 0) is 9.59 Å². The van der Waals surface area contributed by atoms with Crippen LogP contribution in [0.25, 0.3) is 11.5 Å². The van der Waals surface area contributed by atoms with Crippen LogP contribution in [0, 0.1) is 0 Å². The van der Waals surface area contributed by atoms with Crippen molar-refractivity contribution in [1.29, 1.82) is 0 Å². The summed E-state index contributed by atoms with van der Waals surface area (Å²) in [5.74, 6) is -0.120. The Hall–Kier alpha value is -3.20. The minimum absolute atomic E-state index is 0.219. The van der Waals surface area contributed by atoms with Crippen molar-refractivity contribution >= 4 is 35.0 Å². The first-order valence-electron chi connectivity index (χ1n) is 9.03. The molecule has 0 saturated carbocycles. The summed E-state index contributed by atoms with van der Waals surface area (Å²) in [4.78, 5) is 31.5. The van der Waals surface area contributed by atoms with E-state index in [2.05, 4.69) is 20.5 Å². The summed E-state index contributed by atoms with van der Waals surface area (Å²) in [6.07, 6.45) is 3.28. The minimum atomic E-state index is -1.03. The van der Waals surface area contributed by atoms with Gasteiger partial charge in [-0.3, -0.25) is 19.5 Å². The van der Waals surface area contributed by atoms with Crippen molar-refractivity contribution in [3.8, 4) is 11.5 Å². The molecule has 0 aliphatic carbocycles. The summed E-state index contributed by atoms with van der Waals surface area (Å²) in [6, 6.07) is 10.8. The van der Waals surface area contributed by atoms with Crippen molar-refractivity contribution in [3.05, 3.63) is 48.8 Å². The number of benzene rings is 1. The zero-order chi connectivity index (χ0) is 20.6. The second kappa shape index (κ2) is 7.32. The maximum Gasteiger partial charge on any atom is 0.277 e. The average molecular weight is 409 g/mol. The molecule has 0 fully saturated rings. The molecule has 1 aliphatic rings. The van der Waals surface area contributed by atoms with Crippen LogP contribution < -0.4 is 10.2 Å². The van der Waals surface area contributed by atoms with Crippen LogP contribution in [-0.4, -0.2) is 37.8 Å². The van der Waals surface area contributed by atoms with Crippen LogP contribution in [0.5, 0.6) is 0 Å². The summed E-state index contributed by atoms with van der Waals surface area (Å²) < 4.78 is 5.67. The molecular weight excluding hydrogens is 390 g/mol. The smallest absolute Gasteiger partial charge is 0.277 e. The number of rotatable bonds is 4. The molecule has 2 amide bonds. The normalized spacial score (nSPS) is 16.1. The molecule has 3 heterocycles. The Morgan fingerprint density at radius 2 is 2.00 bits per heavy atom. The molecule has 2 aromatic heterocycles. The van der Waals surface area contributed by atoms with E-state index in [1.54, 1.807) is 45.3 Å². The lowest BCUT2D eigenvalue weighted by atomic mass is 9.96. The summed E-state index contributed by atoms with van der Waals surface area (Å²) in [7, 11) is 0. The van der Waals surface area contributed by atoms with Crippen molar-refractivity contribution in [2.75, 3.05) is 10.2 Å². The number of nitrogens with zero attached hydrogens (tertiary/aromatic N) is 4. The first-order valence-corrected chi connectivity index (χ1v) is 9.91. The fraction of sp³-hybridized carbons (Fsp3) is 0.250. The molecule has 0 spiro atoms. The number of pyridine rings is 1. The minimum Gasteiger partial charge on any atom is -0.411 e. The van der Waals surface area contributed by atoms with E-state index >= 15 is 0 Å². The van der Waals surface area contributed by atoms with Crippen LogP contribution in [0.2, 0.25) is 0 Å². The van der Waals surface area contributed by atoms with Crippen molar-refractivity contribution in [2.45, 2.75) is 36.8 Å². The van der Waals surface area contributed by atoms with Crippen molar-refractivity contribution in [1.82, 2.24) is 15.2 Å². The number of fused-ring (bicyclic) bond motifs is 1.